The number of aromatic nitrogens is 4. The molecule has 0 fully saturated rings. The zero-order valence-corrected chi connectivity index (χ0v) is 12.6. The molecule has 108 valence electrons. The highest BCUT2D eigenvalue weighted by atomic mass is 32.1. The van der Waals surface area contributed by atoms with Crippen molar-refractivity contribution in [3.8, 4) is 0 Å². The van der Waals surface area contributed by atoms with Gasteiger partial charge in [0.15, 0.2) is 5.13 Å². The van der Waals surface area contributed by atoms with Crippen LogP contribution in [0.5, 0.6) is 0 Å². The van der Waals surface area contributed by atoms with E-state index >= 15 is 0 Å². The fraction of sp³-hybridized carbons (Fsp3) is 0.500. The van der Waals surface area contributed by atoms with Crippen molar-refractivity contribution in [3.05, 3.63) is 23.2 Å². The topological polar surface area (TPSA) is 84.7 Å². The number of rotatable bonds is 6. The minimum atomic E-state index is -0.194. The lowest BCUT2D eigenvalue weighted by atomic mass is 10.2. The number of hydrogen-bond acceptors (Lipinski definition) is 6. The second-order valence-electron chi connectivity index (χ2n) is 4.16. The average Bonchev–Trinajstić information content (AvgIpc) is 3.12. The van der Waals surface area contributed by atoms with E-state index in [9.17, 15) is 4.79 Å². The number of nitrogens with zero attached hydrogens (tertiary/aromatic N) is 4. The molecule has 0 aliphatic rings. The van der Waals surface area contributed by atoms with Gasteiger partial charge in [-0.1, -0.05) is 6.92 Å². The van der Waals surface area contributed by atoms with Crippen LogP contribution in [0.4, 0.5) is 5.13 Å². The van der Waals surface area contributed by atoms with E-state index in [1.165, 1.54) is 17.7 Å². The monoisotopic (exact) mass is 294 g/mol. The molecule has 0 bridgehead atoms. The van der Waals surface area contributed by atoms with Gasteiger partial charge in [0.1, 0.15) is 17.8 Å². The highest BCUT2D eigenvalue weighted by Gasteiger charge is 2.20. The molecule has 0 aliphatic heterocycles. The quantitative estimate of drug-likeness (QED) is 0.846. The summed E-state index contributed by atoms with van der Waals surface area (Å²) in [6.07, 6.45) is 2.25. The molecule has 2 N–H and O–H groups in total. The summed E-state index contributed by atoms with van der Waals surface area (Å²) in [4.78, 5) is 20.6. The normalized spacial score (nSPS) is 12.2. The van der Waals surface area contributed by atoms with E-state index < -0.39 is 0 Å². The molecule has 2 heterocycles. The van der Waals surface area contributed by atoms with Gasteiger partial charge in [-0.05, 0) is 13.3 Å². The van der Waals surface area contributed by atoms with Crippen LogP contribution in [0.3, 0.4) is 0 Å². The Bertz CT molecular complexity index is 578. The van der Waals surface area contributed by atoms with Gasteiger partial charge in [-0.15, -0.1) is 11.3 Å². The SMILES string of the molecule is CC[C@@H](NC(=O)c1csc(NC)n1)c1ncnn1CC. The minimum Gasteiger partial charge on any atom is -0.365 e. The highest BCUT2D eigenvalue weighted by Crippen LogP contribution is 2.17. The van der Waals surface area contributed by atoms with Gasteiger partial charge in [0, 0.05) is 19.0 Å². The molecule has 1 amide bonds. The molecular weight excluding hydrogens is 276 g/mol. The second kappa shape index (κ2) is 6.47. The molecule has 0 unspecified atom stereocenters. The molecule has 0 saturated carbocycles. The molecular formula is C12H18N6OS. The molecule has 0 saturated heterocycles. The van der Waals surface area contributed by atoms with Crippen LogP contribution in [-0.2, 0) is 6.54 Å². The van der Waals surface area contributed by atoms with Crippen LogP contribution in [0.1, 0.15) is 42.6 Å². The van der Waals surface area contributed by atoms with Gasteiger partial charge in [-0.25, -0.2) is 14.6 Å². The van der Waals surface area contributed by atoms with Crippen LogP contribution in [0.2, 0.25) is 0 Å². The standard InChI is InChI=1S/C12H18N6OS/c1-4-8(10-14-7-15-18(10)5-2)16-11(19)9-6-20-12(13-3)17-9/h6-8H,4-5H2,1-3H3,(H,13,17)(H,16,19)/t8-/m1/s1. The molecule has 0 aromatic carbocycles. The summed E-state index contributed by atoms with van der Waals surface area (Å²) in [7, 11) is 1.78. The molecule has 20 heavy (non-hydrogen) atoms. The predicted octanol–water partition coefficient (Wildman–Crippen LogP) is 1.68. The first-order valence-corrected chi connectivity index (χ1v) is 7.39. The van der Waals surface area contributed by atoms with Gasteiger partial charge >= 0.3 is 0 Å². The van der Waals surface area contributed by atoms with Gasteiger partial charge < -0.3 is 10.6 Å². The largest absolute Gasteiger partial charge is 0.365 e. The molecule has 1 atom stereocenters. The zero-order chi connectivity index (χ0) is 14.5. The van der Waals surface area contributed by atoms with Gasteiger partial charge in [-0.2, -0.15) is 5.10 Å². The number of carbonyl (C=O) groups is 1. The molecule has 2 aromatic rings. The lowest BCUT2D eigenvalue weighted by molar-refractivity contribution is 0.0928. The van der Waals surface area contributed by atoms with E-state index in [4.69, 9.17) is 0 Å². The average molecular weight is 294 g/mol. The molecule has 0 radical (unpaired) electrons. The maximum absolute atomic E-state index is 12.2. The number of thiazole rings is 1. The Hall–Kier alpha value is -1.96. The lowest BCUT2D eigenvalue weighted by Crippen LogP contribution is -2.30. The first-order chi connectivity index (χ1) is 9.69. The summed E-state index contributed by atoms with van der Waals surface area (Å²) in [6, 6.07) is -0.162. The van der Waals surface area contributed by atoms with Crippen molar-refractivity contribution in [3.63, 3.8) is 0 Å². The number of amides is 1. The number of carbonyl (C=O) groups excluding carboxylic acids is 1. The van der Waals surface area contributed by atoms with Crippen molar-refractivity contribution in [2.24, 2.45) is 0 Å². The highest BCUT2D eigenvalue weighted by molar-refractivity contribution is 7.13. The summed E-state index contributed by atoms with van der Waals surface area (Å²) in [5.41, 5.74) is 0.417. The van der Waals surface area contributed by atoms with Crippen molar-refractivity contribution in [2.45, 2.75) is 32.9 Å². The minimum absolute atomic E-state index is 0.162. The van der Waals surface area contributed by atoms with Gasteiger partial charge in [0.05, 0.1) is 6.04 Å². The Morgan fingerprint density at radius 2 is 2.30 bits per heavy atom. The lowest BCUT2D eigenvalue weighted by Gasteiger charge is -2.16. The van der Waals surface area contributed by atoms with E-state index in [0.717, 1.165) is 23.9 Å². The van der Waals surface area contributed by atoms with E-state index in [2.05, 4.69) is 25.7 Å². The van der Waals surface area contributed by atoms with Crippen molar-refractivity contribution in [1.82, 2.24) is 25.1 Å². The Labute approximate surface area is 121 Å². The Balaban J connectivity index is 2.12. The van der Waals surface area contributed by atoms with Crippen LogP contribution in [0.15, 0.2) is 11.7 Å². The fourth-order valence-corrected chi connectivity index (χ4v) is 2.51. The maximum atomic E-state index is 12.2. The Kier molecular flexibility index (Phi) is 4.67. The Morgan fingerprint density at radius 3 is 2.90 bits per heavy atom. The van der Waals surface area contributed by atoms with Gasteiger partial charge in [0.2, 0.25) is 0 Å². The third kappa shape index (κ3) is 2.96. The summed E-state index contributed by atoms with van der Waals surface area (Å²) < 4.78 is 1.79. The van der Waals surface area contributed by atoms with E-state index in [-0.39, 0.29) is 11.9 Å². The van der Waals surface area contributed by atoms with E-state index in [1.807, 2.05) is 13.8 Å². The Morgan fingerprint density at radius 1 is 1.50 bits per heavy atom. The number of nitrogens with one attached hydrogen (secondary N) is 2. The summed E-state index contributed by atoms with van der Waals surface area (Å²) in [6.45, 7) is 4.72. The van der Waals surface area contributed by atoms with Gasteiger partial charge in [0.25, 0.3) is 5.91 Å². The van der Waals surface area contributed by atoms with Crippen LogP contribution >= 0.6 is 11.3 Å². The summed E-state index contributed by atoms with van der Waals surface area (Å²) in [5, 5.41) is 12.5. The number of anilines is 1. The van der Waals surface area contributed by atoms with Crippen LogP contribution < -0.4 is 10.6 Å². The first-order valence-electron chi connectivity index (χ1n) is 6.51. The van der Waals surface area contributed by atoms with E-state index in [0.29, 0.717) is 5.69 Å². The molecule has 2 rings (SSSR count). The maximum Gasteiger partial charge on any atom is 0.271 e. The third-order valence-corrected chi connectivity index (χ3v) is 3.78. The van der Waals surface area contributed by atoms with Crippen LogP contribution in [0.25, 0.3) is 0 Å². The van der Waals surface area contributed by atoms with Crippen molar-refractivity contribution in [2.75, 3.05) is 12.4 Å². The van der Waals surface area contributed by atoms with Crippen LogP contribution in [0, 0.1) is 0 Å². The number of aryl methyl sites for hydroxylation is 1. The van der Waals surface area contributed by atoms with E-state index in [1.54, 1.807) is 17.1 Å². The number of hydrogen-bond donors (Lipinski definition) is 2. The van der Waals surface area contributed by atoms with Gasteiger partial charge in [-0.3, -0.25) is 4.79 Å². The fourth-order valence-electron chi connectivity index (χ4n) is 1.86. The molecule has 8 heteroatoms. The third-order valence-electron chi connectivity index (χ3n) is 2.92. The van der Waals surface area contributed by atoms with Crippen molar-refractivity contribution >= 4 is 22.4 Å². The summed E-state index contributed by atoms with van der Waals surface area (Å²) >= 11 is 1.40. The summed E-state index contributed by atoms with van der Waals surface area (Å²) in [5.74, 6) is 0.577. The van der Waals surface area contributed by atoms with Crippen molar-refractivity contribution < 1.29 is 4.79 Å². The molecule has 0 spiro atoms. The predicted molar refractivity (Wildman–Crippen MR) is 77.9 cm³/mol. The molecule has 0 aliphatic carbocycles. The van der Waals surface area contributed by atoms with Crippen molar-refractivity contribution in [1.29, 1.82) is 0 Å². The first kappa shape index (κ1) is 14.4. The zero-order valence-electron chi connectivity index (χ0n) is 11.8. The molecule has 7 nitrogen and oxygen atoms in total. The second-order valence-corrected chi connectivity index (χ2v) is 5.01. The molecule has 2 aromatic heterocycles. The smallest absolute Gasteiger partial charge is 0.271 e. The van der Waals surface area contributed by atoms with Crippen LogP contribution in [-0.4, -0.2) is 32.7 Å².